The summed E-state index contributed by atoms with van der Waals surface area (Å²) in [6.45, 7) is 3.17. The van der Waals surface area contributed by atoms with Gasteiger partial charge in [-0.2, -0.15) is 0 Å². The van der Waals surface area contributed by atoms with E-state index in [9.17, 15) is 4.79 Å². The van der Waals surface area contributed by atoms with E-state index in [1.165, 1.54) is 21.2 Å². The maximum atomic E-state index is 10.4. The average molecular weight is 161 g/mol. The highest BCUT2D eigenvalue weighted by Crippen LogP contribution is 1.93. The van der Waals surface area contributed by atoms with Crippen LogP contribution in [0, 0.1) is 0 Å². The van der Waals surface area contributed by atoms with E-state index < -0.39 is 6.09 Å². The fraction of sp³-hybridized carbons (Fsp3) is 0.833. The van der Waals surface area contributed by atoms with Crippen LogP contribution in [0.1, 0.15) is 13.3 Å². The lowest BCUT2D eigenvalue weighted by atomic mass is 10.4. The lowest BCUT2D eigenvalue weighted by Gasteiger charge is -2.15. The zero-order chi connectivity index (χ0) is 7.98. The second-order valence-electron chi connectivity index (χ2n) is 2.22. The molecular weight excluding hydrogens is 146 g/mol. The Bertz CT molecular complexity index is 108. The summed E-state index contributed by atoms with van der Waals surface area (Å²) in [5.41, 5.74) is 0. The minimum atomic E-state index is -0.794. The molecule has 0 unspecified atom stereocenters. The van der Waals surface area contributed by atoms with Gasteiger partial charge in [-0.3, -0.25) is 0 Å². The number of nitrogens with zero attached hydrogens (tertiary/aromatic N) is 1. The third kappa shape index (κ3) is 3.50. The summed E-state index contributed by atoms with van der Waals surface area (Å²) in [4.78, 5) is 11.8. The van der Waals surface area contributed by atoms with Crippen molar-refractivity contribution in [3.05, 3.63) is 0 Å². The van der Waals surface area contributed by atoms with E-state index in [2.05, 4.69) is 0 Å². The Balaban J connectivity index is 3.50. The Morgan fingerprint density at radius 2 is 2.30 bits per heavy atom. The highest BCUT2D eigenvalue weighted by Gasteiger charge is 2.06. The first kappa shape index (κ1) is 9.49. The summed E-state index contributed by atoms with van der Waals surface area (Å²) >= 11 is 0. The van der Waals surface area contributed by atoms with Crippen molar-refractivity contribution < 1.29 is 9.90 Å². The van der Waals surface area contributed by atoms with Crippen molar-refractivity contribution in [2.45, 2.75) is 19.4 Å². The Kier molecular flexibility index (Phi) is 5.01. The maximum absolute atomic E-state index is 10.4. The van der Waals surface area contributed by atoms with Gasteiger partial charge in [0.1, 0.15) is 0 Å². The Labute approximate surface area is 64.5 Å². The van der Waals surface area contributed by atoms with E-state index in [0.29, 0.717) is 13.1 Å². The third-order valence-electron chi connectivity index (χ3n) is 1.43. The summed E-state index contributed by atoms with van der Waals surface area (Å²) in [6, 6.07) is 1.18. The lowest BCUT2D eigenvalue weighted by Crippen LogP contribution is -2.29. The molecule has 4 heteroatoms. The zero-order valence-corrected chi connectivity index (χ0v) is 8.63. The topological polar surface area (TPSA) is 40.5 Å². The lowest BCUT2D eigenvalue weighted by molar-refractivity contribution is 0.148. The molecular formula is C6H15NO2Si. The molecule has 10 heavy (non-hydrogen) atoms. The number of amides is 1. The van der Waals surface area contributed by atoms with E-state index in [1.807, 2.05) is 6.92 Å². The molecule has 0 aliphatic carbocycles. The Morgan fingerprint density at radius 1 is 1.70 bits per heavy atom. The quantitative estimate of drug-likeness (QED) is 0.597. The number of rotatable bonds is 4. The second kappa shape index (κ2) is 5.29. The van der Waals surface area contributed by atoms with Crippen LogP contribution in [0.2, 0.25) is 6.04 Å². The Hall–Kier alpha value is -0.513. The van der Waals surface area contributed by atoms with Crippen LogP contribution in [0.3, 0.4) is 0 Å². The van der Waals surface area contributed by atoms with E-state index in [1.54, 1.807) is 0 Å². The van der Waals surface area contributed by atoms with E-state index in [-0.39, 0.29) is 0 Å². The standard InChI is InChI=1S/C6H15NO2Si/c1-2-7(6(8)9)4-3-5-10/h2-5H2,1,10H3,(H,8,9). The molecule has 1 amide bonds. The first-order valence-electron chi connectivity index (χ1n) is 3.70. The zero-order valence-electron chi connectivity index (χ0n) is 6.63. The van der Waals surface area contributed by atoms with Crippen LogP contribution in [0.5, 0.6) is 0 Å². The molecule has 60 valence electrons. The van der Waals surface area contributed by atoms with Crippen LogP contribution in [0.4, 0.5) is 4.79 Å². The first-order valence-corrected chi connectivity index (χ1v) is 5.11. The van der Waals surface area contributed by atoms with Gasteiger partial charge in [0.2, 0.25) is 0 Å². The molecule has 0 heterocycles. The van der Waals surface area contributed by atoms with Gasteiger partial charge in [-0.1, -0.05) is 6.04 Å². The highest BCUT2D eigenvalue weighted by atomic mass is 28.1. The van der Waals surface area contributed by atoms with Crippen molar-refractivity contribution in [3.8, 4) is 0 Å². The molecule has 3 nitrogen and oxygen atoms in total. The van der Waals surface area contributed by atoms with Crippen molar-refractivity contribution in [2.75, 3.05) is 13.1 Å². The summed E-state index contributed by atoms with van der Waals surface area (Å²) in [5.74, 6) is 0. The number of carbonyl (C=O) groups is 1. The van der Waals surface area contributed by atoms with Crippen molar-refractivity contribution in [2.24, 2.45) is 0 Å². The van der Waals surface area contributed by atoms with Crippen molar-refractivity contribution in [3.63, 3.8) is 0 Å². The Morgan fingerprint density at radius 3 is 2.60 bits per heavy atom. The van der Waals surface area contributed by atoms with Gasteiger partial charge in [-0.05, 0) is 13.3 Å². The molecule has 0 aliphatic heterocycles. The number of carboxylic acid groups (broad SMARTS) is 1. The van der Waals surface area contributed by atoms with Crippen LogP contribution in [-0.4, -0.2) is 39.4 Å². The van der Waals surface area contributed by atoms with Crippen LogP contribution in [0.25, 0.3) is 0 Å². The van der Waals surface area contributed by atoms with Crippen LogP contribution < -0.4 is 0 Å². The molecule has 0 aromatic carbocycles. The predicted molar refractivity (Wildman–Crippen MR) is 44.6 cm³/mol. The van der Waals surface area contributed by atoms with E-state index >= 15 is 0 Å². The second-order valence-corrected chi connectivity index (χ2v) is 3.22. The molecule has 0 fully saturated rings. The molecule has 0 radical (unpaired) electrons. The van der Waals surface area contributed by atoms with Gasteiger partial charge < -0.3 is 10.0 Å². The molecule has 0 saturated heterocycles. The van der Waals surface area contributed by atoms with Crippen molar-refractivity contribution >= 4 is 16.3 Å². The summed E-state index contributed by atoms with van der Waals surface area (Å²) < 4.78 is 0. The van der Waals surface area contributed by atoms with Gasteiger partial charge >= 0.3 is 6.09 Å². The molecule has 0 aromatic heterocycles. The minimum absolute atomic E-state index is 0.608. The summed E-state index contributed by atoms with van der Waals surface area (Å²) in [5, 5.41) is 8.54. The molecule has 0 saturated carbocycles. The number of hydrogen-bond donors (Lipinski definition) is 1. The van der Waals surface area contributed by atoms with Gasteiger partial charge in [0.05, 0.1) is 0 Å². The van der Waals surface area contributed by atoms with Crippen molar-refractivity contribution in [1.29, 1.82) is 0 Å². The third-order valence-corrected chi connectivity index (χ3v) is 2.14. The van der Waals surface area contributed by atoms with Crippen LogP contribution in [0.15, 0.2) is 0 Å². The van der Waals surface area contributed by atoms with Gasteiger partial charge in [-0.15, -0.1) is 0 Å². The molecule has 0 atom stereocenters. The van der Waals surface area contributed by atoms with E-state index in [4.69, 9.17) is 5.11 Å². The minimum Gasteiger partial charge on any atom is -0.465 e. The molecule has 0 aromatic rings. The monoisotopic (exact) mass is 161 g/mol. The predicted octanol–water partition coefficient (Wildman–Crippen LogP) is 0.160. The first-order chi connectivity index (χ1) is 4.72. The largest absolute Gasteiger partial charge is 0.465 e. The normalized spacial score (nSPS) is 9.70. The number of hydrogen-bond acceptors (Lipinski definition) is 1. The molecule has 0 spiro atoms. The maximum Gasteiger partial charge on any atom is 0.407 e. The van der Waals surface area contributed by atoms with Crippen LogP contribution in [-0.2, 0) is 0 Å². The molecule has 0 bridgehead atoms. The van der Waals surface area contributed by atoms with Crippen LogP contribution >= 0.6 is 0 Å². The highest BCUT2D eigenvalue weighted by molar-refractivity contribution is 6.08. The molecule has 0 rings (SSSR count). The van der Waals surface area contributed by atoms with Gasteiger partial charge in [0, 0.05) is 23.3 Å². The van der Waals surface area contributed by atoms with Gasteiger partial charge in [-0.25, -0.2) is 4.79 Å². The smallest absolute Gasteiger partial charge is 0.407 e. The fourth-order valence-corrected chi connectivity index (χ4v) is 1.05. The van der Waals surface area contributed by atoms with Gasteiger partial charge in [0.15, 0.2) is 0 Å². The molecule has 0 aliphatic rings. The summed E-state index contributed by atoms with van der Waals surface area (Å²) in [7, 11) is 1.17. The summed E-state index contributed by atoms with van der Waals surface area (Å²) in [6.07, 6.45) is 0.226. The van der Waals surface area contributed by atoms with Crippen molar-refractivity contribution in [1.82, 2.24) is 4.90 Å². The fourth-order valence-electron chi connectivity index (χ4n) is 0.738. The molecule has 1 N–H and O–H groups in total. The van der Waals surface area contributed by atoms with E-state index in [0.717, 1.165) is 6.42 Å². The SMILES string of the molecule is CCN(CCC[SiH3])C(=O)O. The van der Waals surface area contributed by atoms with Gasteiger partial charge in [0.25, 0.3) is 0 Å². The average Bonchev–Trinajstić information content (AvgIpc) is 1.89.